The first-order valence-corrected chi connectivity index (χ1v) is 9.07. The van der Waals surface area contributed by atoms with Crippen LogP contribution < -0.4 is 10.6 Å². The van der Waals surface area contributed by atoms with Crippen molar-refractivity contribution >= 4 is 29.2 Å². The molecule has 2 rings (SSSR count). The van der Waals surface area contributed by atoms with Gasteiger partial charge >= 0.3 is 5.97 Å². The molecule has 28 heavy (non-hydrogen) atoms. The van der Waals surface area contributed by atoms with Crippen molar-refractivity contribution in [2.24, 2.45) is 5.41 Å². The minimum atomic E-state index is -1.36. The fourth-order valence-electron chi connectivity index (χ4n) is 2.50. The summed E-state index contributed by atoms with van der Waals surface area (Å²) >= 11 is 0. The van der Waals surface area contributed by atoms with Crippen LogP contribution in [0, 0.1) is 5.41 Å². The molecule has 2 aromatic carbocycles. The van der Waals surface area contributed by atoms with Crippen molar-refractivity contribution in [3.05, 3.63) is 59.7 Å². The van der Waals surface area contributed by atoms with Gasteiger partial charge in [0.1, 0.15) is 5.41 Å². The molecular weight excluding hydrogens is 356 g/mol. The third-order valence-corrected chi connectivity index (χ3v) is 4.55. The van der Waals surface area contributed by atoms with Gasteiger partial charge in [-0.1, -0.05) is 38.1 Å². The van der Waals surface area contributed by atoms with Crippen LogP contribution in [0.1, 0.15) is 49.5 Å². The van der Waals surface area contributed by atoms with Crippen LogP contribution in [-0.4, -0.2) is 24.9 Å². The maximum atomic E-state index is 12.7. The monoisotopic (exact) mass is 382 g/mol. The van der Waals surface area contributed by atoms with Crippen LogP contribution in [0.15, 0.2) is 48.5 Å². The second-order valence-electron chi connectivity index (χ2n) is 7.35. The number of amides is 2. The second-order valence-corrected chi connectivity index (χ2v) is 7.35. The number of nitrogens with one attached hydrogen (secondary N) is 2. The Kier molecular flexibility index (Phi) is 6.57. The summed E-state index contributed by atoms with van der Waals surface area (Å²) in [6, 6.07) is 14.0. The number of benzene rings is 2. The van der Waals surface area contributed by atoms with Crippen molar-refractivity contribution < 1.29 is 19.1 Å². The highest BCUT2D eigenvalue weighted by Crippen LogP contribution is 2.24. The molecule has 148 valence electrons. The number of rotatable bonds is 6. The van der Waals surface area contributed by atoms with Gasteiger partial charge in [0.25, 0.3) is 0 Å². The summed E-state index contributed by atoms with van der Waals surface area (Å²) in [6.07, 6.45) is 0. The molecule has 6 heteroatoms. The fourth-order valence-corrected chi connectivity index (χ4v) is 2.50. The highest BCUT2D eigenvalue weighted by molar-refractivity contribution is 6.15. The van der Waals surface area contributed by atoms with Crippen LogP contribution in [0.5, 0.6) is 0 Å². The zero-order valence-corrected chi connectivity index (χ0v) is 16.8. The average molecular weight is 382 g/mol. The molecule has 0 atom stereocenters. The molecule has 0 saturated heterocycles. The molecule has 2 amide bonds. The number of hydrogen-bond donors (Lipinski definition) is 2. The molecule has 0 bridgehead atoms. The van der Waals surface area contributed by atoms with E-state index in [2.05, 4.69) is 24.5 Å². The van der Waals surface area contributed by atoms with Crippen molar-refractivity contribution in [1.82, 2.24) is 0 Å². The molecule has 0 unspecified atom stereocenters. The Balaban J connectivity index is 2.14. The number of methoxy groups -OCH3 is 1. The molecule has 0 spiro atoms. The van der Waals surface area contributed by atoms with Gasteiger partial charge in [0.05, 0.1) is 18.4 Å². The van der Waals surface area contributed by atoms with E-state index in [-0.39, 0.29) is 5.56 Å². The number of anilines is 2. The maximum Gasteiger partial charge on any atom is 0.339 e. The second kappa shape index (κ2) is 8.69. The molecule has 0 heterocycles. The summed E-state index contributed by atoms with van der Waals surface area (Å²) in [5.41, 5.74) is 0.931. The van der Waals surface area contributed by atoms with E-state index in [0.717, 1.165) is 5.56 Å². The lowest BCUT2D eigenvalue weighted by Gasteiger charge is -2.23. The Labute approximate surface area is 165 Å². The Morgan fingerprint density at radius 2 is 1.46 bits per heavy atom. The van der Waals surface area contributed by atoms with E-state index in [4.69, 9.17) is 4.74 Å². The van der Waals surface area contributed by atoms with Crippen LogP contribution in [0.2, 0.25) is 0 Å². The Hall–Kier alpha value is -3.15. The number of esters is 1. The van der Waals surface area contributed by atoms with E-state index in [1.807, 2.05) is 24.3 Å². The molecule has 0 saturated carbocycles. The van der Waals surface area contributed by atoms with Gasteiger partial charge < -0.3 is 15.4 Å². The van der Waals surface area contributed by atoms with E-state index in [9.17, 15) is 14.4 Å². The number of carbonyl (C=O) groups is 3. The molecule has 2 aromatic rings. The summed E-state index contributed by atoms with van der Waals surface area (Å²) in [7, 11) is 1.27. The predicted molar refractivity (Wildman–Crippen MR) is 109 cm³/mol. The molecule has 0 fully saturated rings. The Morgan fingerprint density at radius 3 is 2.04 bits per heavy atom. The van der Waals surface area contributed by atoms with Gasteiger partial charge in [-0.05, 0) is 49.6 Å². The third kappa shape index (κ3) is 4.76. The van der Waals surface area contributed by atoms with Crippen LogP contribution in [-0.2, 0) is 14.3 Å². The summed E-state index contributed by atoms with van der Waals surface area (Å²) in [5, 5.41) is 5.43. The maximum absolute atomic E-state index is 12.7. The summed E-state index contributed by atoms with van der Waals surface area (Å²) < 4.78 is 4.73. The van der Waals surface area contributed by atoms with Crippen LogP contribution in [0.25, 0.3) is 0 Å². The molecule has 0 radical (unpaired) electrons. The van der Waals surface area contributed by atoms with Crippen molar-refractivity contribution in [3.63, 3.8) is 0 Å². The van der Waals surface area contributed by atoms with Gasteiger partial charge in [0, 0.05) is 5.69 Å². The first kappa shape index (κ1) is 21.2. The summed E-state index contributed by atoms with van der Waals surface area (Å²) in [5.74, 6) is -1.15. The highest BCUT2D eigenvalue weighted by Gasteiger charge is 2.36. The molecule has 0 aromatic heterocycles. The first-order chi connectivity index (χ1) is 13.2. The smallest absolute Gasteiger partial charge is 0.339 e. The van der Waals surface area contributed by atoms with Crippen molar-refractivity contribution in [2.45, 2.75) is 33.6 Å². The van der Waals surface area contributed by atoms with Crippen LogP contribution in [0.3, 0.4) is 0 Å². The van der Waals surface area contributed by atoms with Gasteiger partial charge in [-0.15, -0.1) is 0 Å². The van der Waals surface area contributed by atoms with Crippen LogP contribution in [0.4, 0.5) is 11.4 Å². The Morgan fingerprint density at radius 1 is 0.893 bits per heavy atom. The first-order valence-electron chi connectivity index (χ1n) is 9.07. The zero-order valence-electron chi connectivity index (χ0n) is 16.8. The van der Waals surface area contributed by atoms with Crippen LogP contribution >= 0.6 is 0 Å². The minimum absolute atomic E-state index is 0.221. The number of ether oxygens (including phenoxy) is 1. The molecule has 0 aliphatic rings. The van der Waals surface area contributed by atoms with Gasteiger partial charge in [-0.25, -0.2) is 4.79 Å². The normalized spacial score (nSPS) is 11.1. The van der Waals surface area contributed by atoms with Gasteiger partial charge in [-0.2, -0.15) is 0 Å². The molecule has 0 aliphatic heterocycles. The SMILES string of the molecule is COC(=O)c1ccccc1NC(=O)C(C)(C)C(=O)Nc1ccc(C(C)C)cc1. The Bertz CT molecular complexity index is 870. The predicted octanol–water partition coefficient (Wildman–Crippen LogP) is 4.20. The standard InChI is InChI=1S/C22H26N2O4/c1-14(2)15-10-12-16(13-11-15)23-20(26)22(3,4)21(27)24-18-9-7-6-8-17(18)19(25)28-5/h6-14H,1-5H3,(H,23,26)(H,24,27). The van der Waals surface area contributed by atoms with E-state index >= 15 is 0 Å². The zero-order chi connectivity index (χ0) is 20.9. The lowest BCUT2D eigenvalue weighted by atomic mass is 9.90. The highest BCUT2D eigenvalue weighted by atomic mass is 16.5. The lowest BCUT2D eigenvalue weighted by Crippen LogP contribution is -2.41. The topological polar surface area (TPSA) is 84.5 Å². The summed E-state index contributed by atoms with van der Waals surface area (Å²) in [4.78, 5) is 37.3. The largest absolute Gasteiger partial charge is 0.465 e. The lowest BCUT2D eigenvalue weighted by molar-refractivity contribution is -0.135. The number of para-hydroxylation sites is 1. The minimum Gasteiger partial charge on any atom is -0.465 e. The van der Waals surface area contributed by atoms with E-state index in [1.165, 1.54) is 21.0 Å². The van der Waals surface area contributed by atoms with Crippen molar-refractivity contribution in [3.8, 4) is 0 Å². The number of hydrogen-bond acceptors (Lipinski definition) is 4. The quantitative estimate of drug-likeness (QED) is 0.579. The molecular formula is C22H26N2O4. The molecule has 6 nitrogen and oxygen atoms in total. The molecule has 0 aliphatic carbocycles. The van der Waals surface area contributed by atoms with E-state index in [0.29, 0.717) is 17.3 Å². The number of carbonyl (C=O) groups excluding carboxylic acids is 3. The molecule has 2 N–H and O–H groups in total. The van der Waals surface area contributed by atoms with E-state index in [1.54, 1.807) is 24.3 Å². The van der Waals surface area contributed by atoms with Gasteiger partial charge in [0.15, 0.2) is 0 Å². The summed E-state index contributed by atoms with van der Waals surface area (Å²) in [6.45, 7) is 7.24. The van der Waals surface area contributed by atoms with Gasteiger partial charge in [-0.3, -0.25) is 9.59 Å². The third-order valence-electron chi connectivity index (χ3n) is 4.55. The average Bonchev–Trinajstić information content (AvgIpc) is 2.68. The van der Waals surface area contributed by atoms with Gasteiger partial charge in [0.2, 0.25) is 11.8 Å². The van der Waals surface area contributed by atoms with Crippen molar-refractivity contribution in [1.29, 1.82) is 0 Å². The van der Waals surface area contributed by atoms with E-state index < -0.39 is 23.2 Å². The fraction of sp³-hybridized carbons (Fsp3) is 0.318. The van der Waals surface area contributed by atoms with Crippen molar-refractivity contribution in [2.75, 3.05) is 17.7 Å².